The van der Waals surface area contributed by atoms with Gasteiger partial charge in [-0.25, -0.2) is 0 Å². The summed E-state index contributed by atoms with van der Waals surface area (Å²) in [5.74, 6) is 0.228. The zero-order valence-electron chi connectivity index (χ0n) is 11.0. The largest absolute Gasteiger partial charge is 0.493 e. The summed E-state index contributed by atoms with van der Waals surface area (Å²) in [6.07, 6.45) is 0. The number of benzene rings is 2. The van der Waals surface area contributed by atoms with Crippen LogP contribution in [0.1, 0.15) is 17.3 Å². The molecule has 0 fully saturated rings. The van der Waals surface area contributed by atoms with Gasteiger partial charge in [0.25, 0.3) is 5.91 Å². The van der Waals surface area contributed by atoms with Crippen molar-refractivity contribution in [2.75, 3.05) is 17.7 Å². The summed E-state index contributed by atoms with van der Waals surface area (Å²) in [5.41, 5.74) is 7.43. The van der Waals surface area contributed by atoms with Crippen molar-refractivity contribution < 1.29 is 9.53 Å². The van der Waals surface area contributed by atoms with Crippen molar-refractivity contribution in [2.45, 2.75) is 6.92 Å². The molecule has 0 unspecified atom stereocenters. The van der Waals surface area contributed by atoms with Gasteiger partial charge >= 0.3 is 0 Å². The van der Waals surface area contributed by atoms with Crippen LogP contribution >= 0.6 is 22.6 Å². The zero-order valence-corrected chi connectivity index (χ0v) is 13.2. The molecule has 0 radical (unpaired) electrons. The van der Waals surface area contributed by atoms with Crippen LogP contribution in [0.5, 0.6) is 5.75 Å². The highest BCUT2D eigenvalue weighted by molar-refractivity contribution is 14.1. The van der Waals surface area contributed by atoms with E-state index in [1.54, 1.807) is 18.2 Å². The highest BCUT2D eigenvalue weighted by atomic mass is 127. The van der Waals surface area contributed by atoms with Crippen LogP contribution in [0.25, 0.3) is 0 Å². The van der Waals surface area contributed by atoms with E-state index in [1.807, 2.05) is 31.2 Å². The number of hydrogen-bond acceptors (Lipinski definition) is 3. The van der Waals surface area contributed by atoms with Crippen molar-refractivity contribution in [3.63, 3.8) is 0 Å². The van der Waals surface area contributed by atoms with Crippen LogP contribution in [-0.4, -0.2) is 12.5 Å². The van der Waals surface area contributed by atoms with E-state index in [0.717, 1.165) is 9.26 Å². The van der Waals surface area contributed by atoms with Gasteiger partial charge in [-0.05, 0) is 53.8 Å². The normalized spacial score (nSPS) is 10.1. The molecular formula is C15H15IN2O2. The summed E-state index contributed by atoms with van der Waals surface area (Å²) in [4.78, 5) is 12.4. The standard InChI is InChI=1S/C15H15IN2O2/c1-2-20-13-9-5-7-11(17)14(13)15(19)18-12-8-4-3-6-10(12)16/h3-9H,2,17H2,1H3,(H,18,19). The lowest BCUT2D eigenvalue weighted by Gasteiger charge is -2.13. The van der Waals surface area contributed by atoms with Crippen LogP contribution < -0.4 is 15.8 Å². The average molecular weight is 382 g/mol. The number of carbonyl (C=O) groups excluding carboxylic acids is 1. The van der Waals surface area contributed by atoms with Gasteiger partial charge in [-0.2, -0.15) is 0 Å². The summed E-state index contributed by atoms with van der Waals surface area (Å²) in [5, 5.41) is 2.86. The Bertz CT molecular complexity index is 629. The molecule has 0 aliphatic carbocycles. The molecule has 104 valence electrons. The average Bonchev–Trinajstić information content (AvgIpc) is 2.42. The fourth-order valence-corrected chi connectivity index (χ4v) is 2.34. The topological polar surface area (TPSA) is 64.3 Å². The lowest BCUT2D eigenvalue weighted by Crippen LogP contribution is -2.16. The fraction of sp³-hybridized carbons (Fsp3) is 0.133. The molecule has 0 saturated carbocycles. The molecule has 4 nitrogen and oxygen atoms in total. The Hall–Kier alpha value is -1.76. The molecular weight excluding hydrogens is 367 g/mol. The molecule has 5 heteroatoms. The van der Waals surface area contributed by atoms with Crippen LogP contribution in [0.15, 0.2) is 42.5 Å². The number of amides is 1. The number of anilines is 2. The predicted octanol–water partition coefficient (Wildman–Crippen LogP) is 3.52. The van der Waals surface area contributed by atoms with Gasteiger partial charge in [-0.3, -0.25) is 4.79 Å². The van der Waals surface area contributed by atoms with E-state index in [1.165, 1.54) is 0 Å². The van der Waals surface area contributed by atoms with Crippen LogP contribution in [0.2, 0.25) is 0 Å². The molecule has 3 N–H and O–H groups in total. The molecule has 2 rings (SSSR count). The van der Waals surface area contributed by atoms with Crippen LogP contribution in [0, 0.1) is 3.57 Å². The Morgan fingerprint density at radius 3 is 2.70 bits per heavy atom. The van der Waals surface area contributed by atoms with Gasteiger partial charge in [0.1, 0.15) is 11.3 Å². The van der Waals surface area contributed by atoms with E-state index in [-0.39, 0.29) is 5.91 Å². The van der Waals surface area contributed by atoms with Crippen molar-refractivity contribution >= 4 is 39.9 Å². The number of carbonyl (C=O) groups is 1. The first-order chi connectivity index (χ1) is 9.63. The van der Waals surface area contributed by atoms with Gasteiger partial charge in [-0.1, -0.05) is 18.2 Å². The molecule has 0 aliphatic heterocycles. The van der Waals surface area contributed by atoms with E-state index in [2.05, 4.69) is 27.9 Å². The number of nitrogen functional groups attached to an aromatic ring is 1. The van der Waals surface area contributed by atoms with Gasteiger partial charge in [0.05, 0.1) is 12.3 Å². The Kier molecular flexibility index (Phi) is 4.84. The van der Waals surface area contributed by atoms with E-state index < -0.39 is 0 Å². The first-order valence-electron chi connectivity index (χ1n) is 6.20. The minimum absolute atomic E-state index is 0.268. The third-order valence-corrected chi connectivity index (χ3v) is 3.65. The van der Waals surface area contributed by atoms with Crippen molar-refractivity contribution in [2.24, 2.45) is 0 Å². The van der Waals surface area contributed by atoms with Gasteiger partial charge in [0.15, 0.2) is 0 Å². The second-order valence-electron chi connectivity index (χ2n) is 4.09. The van der Waals surface area contributed by atoms with Gasteiger partial charge in [0, 0.05) is 9.26 Å². The molecule has 0 bridgehead atoms. The Morgan fingerprint density at radius 1 is 1.25 bits per heavy atom. The minimum Gasteiger partial charge on any atom is -0.493 e. The number of nitrogens with two attached hydrogens (primary N) is 1. The minimum atomic E-state index is -0.268. The number of nitrogens with one attached hydrogen (secondary N) is 1. The molecule has 0 heterocycles. The molecule has 0 atom stereocenters. The fourth-order valence-electron chi connectivity index (χ4n) is 1.81. The van der Waals surface area contributed by atoms with Crippen LogP contribution in [0.4, 0.5) is 11.4 Å². The maximum absolute atomic E-state index is 12.4. The Balaban J connectivity index is 2.32. The van der Waals surface area contributed by atoms with Crippen molar-refractivity contribution in [3.05, 3.63) is 51.6 Å². The molecule has 2 aromatic rings. The van der Waals surface area contributed by atoms with Crippen LogP contribution in [-0.2, 0) is 0 Å². The first-order valence-corrected chi connectivity index (χ1v) is 7.28. The summed E-state index contributed by atoms with van der Waals surface area (Å²) >= 11 is 2.17. The summed E-state index contributed by atoms with van der Waals surface area (Å²) < 4.78 is 6.43. The second-order valence-corrected chi connectivity index (χ2v) is 5.25. The monoisotopic (exact) mass is 382 g/mol. The maximum atomic E-state index is 12.4. The lowest BCUT2D eigenvalue weighted by atomic mass is 10.1. The van der Waals surface area contributed by atoms with E-state index in [4.69, 9.17) is 10.5 Å². The molecule has 2 aromatic carbocycles. The Labute approximate surface area is 131 Å². The lowest BCUT2D eigenvalue weighted by molar-refractivity contribution is 0.102. The van der Waals surface area contributed by atoms with Crippen LogP contribution in [0.3, 0.4) is 0 Å². The number of hydrogen-bond donors (Lipinski definition) is 2. The number of rotatable bonds is 4. The molecule has 0 aliphatic rings. The van der Waals surface area contributed by atoms with Crippen molar-refractivity contribution in [1.29, 1.82) is 0 Å². The zero-order chi connectivity index (χ0) is 14.5. The van der Waals surface area contributed by atoms with E-state index in [9.17, 15) is 4.79 Å². The van der Waals surface area contributed by atoms with E-state index in [0.29, 0.717) is 23.6 Å². The summed E-state index contributed by atoms with van der Waals surface area (Å²) in [7, 11) is 0. The SMILES string of the molecule is CCOc1cccc(N)c1C(=O)Nc1ccccc1I. The maximum Gasteiger partial charge on any atom is 0.261 e. The van der Waals surface area contributed by atoms with E-state index >= 15 is 0 Å². The van der Waals surface area contributed by atoms with Gasteiger partial charge in [0.2, 0.25) is 0 Å². The molecule has 0 aromatic heterocycles. The quantitative estimate of drug-likeness (QED) is 0.628. The predicted molar refractivity (Wildman–Crippen MR) is 89.1 cm³/mol. The molecule has 20 heavy (non-hydrogen) atoms. The summed E-state index contributed by atoms with van der Waals surface area (Å²) in [6.45, 7) is 2.34. The van der Waals surface area contributed by atoms with Crippen molar-refractivity contribution in [1.82, 2.24) is 0 Å². The molecule has 1 amide bonds. The first kappa shape index (κ1) is 14.6. The second kappa shape index (κ2) is 6.60. The smallest absolute Gasteiger partial charge is 0.261 e. The van der Waals surface area contributed by atoms with Gasteiger partial charge < -0.3 is 15.8 Å². The molecule has 0 saturated heterocycles. The summed E-state index contributed by atoms with van der Waals surface area (Å²) in [6, 6.07) is 12.8. The Morgan fingerprint density at radius 2 is 2.00 bits per heavy atom. The number of ether oxygens (including phenoxy) is 1. The number of halogens is 1. The van der Waals surface area contributed by atoms with Gasteiger partial charge in [-0.15, -0.1) is 0 Å². The molecule has 0 spiro atoms. The highest BCUT2D eigenvalue weighted by Crippen LogP contribution is 2.26. The highest BCUT2D eigenvalue weighted by Gasteiger charge is 2.16. The third kappa shape index (κ3) is 3.22. The third-order valence-electron chi connectivity index (χ3n) is 2.71. The number of para-hydroxylation sites is 1. The van der Waals surface area contributed by atoms with Crippen molar-refractivity contribution in [3.8, 4) is 5.75 Å².